The van der Waals surface area contributed by atoms with Gasteiger partial charge in [-0.15, -0.1) is 23.7 Å². The van der Waals surface area contributed by atoms with Crippen molar-refractivity contribution in [2.75, 3.05) is 6.54 Å². The van der Waals surface area contributed by atoms with Crippen molar-refractivity contribution in [2.45, 2.75) is 32.4 Å². The highest BCUT2D eigenvalue weighted by atomic mass is 35.5. The molecule has 0 bridgehead atoms. The maximum Gasteiger partial charge on any atom is 0.239 e. The van der Waals surface area contributed by atoms with Crippen molar-refractivity contribution in [1.29, 1.82) is 0 Å². The molecule has 2 aromatic rings. The van der Waals surface area contributed by atoms with E-state index >= 15 is 0 Å². The van der Waals surface area contributed by atoms with E-state index in [1.807, 2.05) is 61.7 Å². The molecule has 0 aliphatic heterocycles. The molecule has 0 aliphatic rings. The van der Waals surface area contributed by atoms with Crippen LogP contribution < -0.4 is 16.4 Å². The van der Waals surface area contributed by atoms with Gasteiger partial charge in [0.05, 0.1) is 18.6 Å². The summed E-state index contributed by atoms with van der Waals surface area (Å²) in [7, 11) is 0. The first kappa shape index (κ1) is 22.2. The van der Waals surface area contributed by atoms with E-state index in [1.165, 1.54) is 0 Å². The summed E-state index contributed by atoms with van der Waals surface area (Å²) in [5, 5.41) is 7.60. The quantitative estimate of drug-likeness (QED) is 0.642. The van der Waals surface area contributed by atoms with Gasteiger partial charge in [-0.3, -0.25) is 9.59 Å². The van der Waals surface area contributed by atoms with Gasteiger partial charge in [-0.25, -0.2) is 0 Å². The SMILES string of the molecule is CC(C)[C@H](N)C(=O)NCC(=O)NC(Cc1ccccc1)c1cccs1.Cl. The first-order valence-corrected chi connectivity index (χ1v) is 9.25. The summed E-state index contributed by atoms with van der Waals surface area (Å²) in [6.07, 6.45) is 0.701. The highest BCUT2D eigenvalue weighted by Crippen LogP contribution is 2.22. The van der Waals surface area contributed by atoms with Crippen LogP contribution in [0.25, 0.3) is 0 Å². The minimum Gasteiger partial charge on any atom is -0.347 e. The molecule has 1 aromatic heterocycles. The Labute approximate surface area is 164 Å². The summed E-state index contributed by atoms with van der Waals surface area (Å²) in [5.41, 5.74) is 6.93. The van der Waals surface area contributed by atoms with Crippen LogP contribution in [0, 0.1) is 5.92 Å². The predicted octanol–water partition coefficient (Wildman–Crippen LogP) is 2.67. The molecule has 2 rings (SSSR count). The first-order chi connectivity index (χ1) is 12.0. The summed E-state index contributed by atoms with van der Waals surface area (Å²) in [4.78, 5) is 25.2. The smallest absolute Gasteiger partial charge is 0.239 e. The number of rotatable bonds is 8. The number of halogens is 1. The molecule has 142 valence electrons. The van der Waals surface area contributed by atoms with E-state index < -0.39 is 6.04 Å². The van der Waals surface area contributed by atoms with E-state index in [0.717, 1.165) is 10.4 Å². The lowest BCUT2D eigenvalue weighted by atomic mass is 10.0. The molecular formula is C19H26ClN3O2S. The van der Waals surface area contributed by atoms with Gasteiger partial charge in [0.1, 0.15) is 0 Å². The zero-order chi connectivity index (χ0) is 18.2. The average Bonchev–Trinajstić information content (AvgIpc) is 3.14. The van der Waals surface area contributed by atoms with Crippen molar-refractivity contribution < 1.29 is 9.59 Å². The standard InChI is InChI=1S/C19H25N3O2S.ClH/c1-13(2)18(20)19(24)21-12-17(23)22-15(16-9-6-10-25-16)11-14-7-4-3-5-8-14;/h3-10,13,15,18H,11-12,20H2,1-2H3,(H,21,24)(H,22,23);1H/t15?,18-;/m0./s1. The maximum atomic E-state index is 12.3. The molecular weight excluding hydrogens is 370 g/mol. The van der Waals surface area contributed by atoms with E-state index in [0.29, 0.717) is 6.42 Å². The number of hydrogen-bond acceptors (Lipinski definition) is 4. The predicted molar refractivity (Wildman–Crippen MR) is 108 cm³/mol. The molecule has 2 amide bonds. The molecule has 26 heavy (non-hydrogen) atoms. The molecule has 0 aliphatic carbocycles. The van der Waals surface area contributed by atoms with Crippen molar-refractivity contribution in [1.82, 2.24) is 10.6 Å². The fourth-order valence-corrected chi connectivity index (χ4v) is 3.17. The van der Waals surface area contributed by atoms with Gasteiger partial charge in [0.15, 0.2) is 0 Å². The molecule has 5 nitrogen and oxygen atoms in total. The lowest BCUT2D eigenvalue weighted by Gasteiger charge is -2.19. The van der Waals surface area contributed by atoms with Gasteiger partial charge in [-0.05, 0) is 29.3 Å². The van der Waals surface area contributed by atoms with Crippen LogP contribution in [-0.2, 0) is 16.0 Å². The Balaban J connectivity index is 0.00000338. The third-order valence-corrected chi connectivity index (χ3v) is 4.93. The van der Waals surface area contributed by atoms with Gasteiger partial charge < -0.3 is 16.4 Å². The van der Waals surface area contributed by atoms with Crippen LogP contribution >= 0.6 is 23.7 Å². The highest BCUT2D eigenvalue weighted by molar-refractivity contribution is 7.10. The highest BCUT2D eigenvalue weighted by Gasteiger charge is 2.20. The molecule has 1 heterocycles. The fourth-order valence-electron chi connectivity index (χ4n) is 2.40. The average molecular weight is 396 g/mol. The lowest BCUT2D eigenvalue weighted by Crippen LogP contribution is -2.47. The van der Waals surface area contributed by atoms with E-state index in [-0.39, 0.29) is 42.7 Å². The molecule has 0 saturated carbocycles. The van der Waals surface area contributed by atoms with Gasteiger partial charge in [-0.1, -0.05) is 50.2 Å². The van der Waals surface area contributed by atoms with Gasteiger partial charge in [0, 0.05) is 4.88 Å². The second-order valence-corrected chi connectivity index (χ2v) is 7.29. The van der Waals surface area contributed by atoms with Crippen molar-refractivity contribution in [3.05, 3.63) is 58.3 Å². The minimum atomic E-state index is -0.606. The number of carbonyl (C=O) groups excluding carboxylic acids is 2. The van der Waals surface area contributed by atoms with Crippen molar-refractivity contribution in [3.63, 3.8) is 0 Å². The third kappa shape index (κ3) is 6.78. The molecule has 4 N–H and O–H groups in total. The Kier molecular flexibility index (Phi) is 9.34. The minimum absolute atomic E-state index is 0. The number of nitrogens with two attached hydrogens (primary N) is 1. The van der Waals surface area contributed by atoms with Crippen molar-refractivity contribution >= 4 is 35.6 Å². The van der Waals surface area contributed by atoms with Crippen LogP contribution in [0.15, 0.2) is 47.8 Å². The second kappa shape index (κ2) is 11.0. The normalized spacial score (nSPS) is 12.8. The first-order valence-electron chi connectivity index (χ1n) is 8.37. The summed E-state index contributed by atoms with van der Waals surface area (Å²) < 4.78 is 0. The molecule has 0 fully saturated rings. The van der Waals surface area contributed by atoms with E-state index in [1.54, 1.807) is 11.3 Å². The fraction of sp³-hybridized carbons (Fsp3) is 0.368. The summed E-state index contributed by atoms with van der Waals surface area (Å²) in [6.45, 7) is 3.67. The zero-order valence-corrected chi connectivity index (χ0v) is 16.6. The Morgan fingerprint density at radius 2 is 1.81 bits per heavy atom. The zero-order valence-electron chi connectivity index (χ0n) is 15.0. The summed E-state index contributed by atoms with van der Waals surface area (Å²) >= 11 is 1.60. The number of carbonyl (C=O) groups is 2. The summed E-state index contributed by atoms with van der Waals surface area (Å²) in [5.74, 6) is -0.500. The van der Waals surface area contributed by atoms with E-state index in [9.17, 15) is 9.59 Å². The molecule has 0 radical (unpaired) electrons. The third-order valence-electron chi connectivity index (χ3n) is 3.95. The molecule has 1 unspecified atom stereocenters. The molecule has 0 spiro atoms. The van der Waals surface area contributed by atoms with Crippen molar-refractivity contribution in [3.8, 4) is 0 Å². The lowest BCUT2D eigenvalue weighted by molar-refractivity contribution is -0.127. The van der Waals surface area contributed by atoms with E-state index in [4.69, 9.17) is 5.73 Å². The van der Waals surface area contributed by atoms with Gasteiger partial charge in [-0.2, -0.15) is 0 Å². The molecule has 7 heteroatoms. The molecule has 1 aromatic carbocycles. The van der Waals surface area contributed by atoms with Crippen LogP contribution in [0.5, 0.6) is 0 Å². The van der Waals surface area contributed by atoms with Crippen LogP contribution in [0.1, 0.15) is 30.3 Å². The number of nitrogens with one attached hydrogen (secondary N) is 2. The van der Waals surface area contributed by atoms with Gasteiger partial charge in [0.25, 0.3) is 0 Å². The maximum absolute atomic E-state index is 12.3. The van der Waals surface area contributed by atoms with Crippen LogP contribution in [-0.4, -0.2) is 24.4 Å². The number of benzene rings is 1. The molecule has 2 atom stereocenters. The Bertz CT molecular complexity index is 677. The monoisotopic (exact) mass is 395 g/mol. The Morgan fingerprint density at radius 1 is 1.12 bits per heavy atom. The van der Waals surface area contributed by atoms with Crippen molar-refractivity contribution in [2.24, 2.45) is 11.7 Å². The Morgan fingerprint density at radius 3 is 2.38 bits per heavy atom. The van der Waals surface area contributed by atoms with Crippen LogP contribution in [0.2, 0.25) is 0 Å². The number of hydrogen-bond donors (Lipinski definition) is 3. The van der Waals surface area contributed by atoms with E-state index in [2.05, 4.69) is 10.6 Å². The van der Waals surface area contributed by atoms with Gasteiger partial charge >= 0.3 is 0 Å². The number of amides is 2. The summed E-state index contributed by atoms with van der Waals surface area (Å²) in [6, 6.07) is 13.3. The van der Waals surface area contributed by atoms with Gasteiger partial charge in [0.2, 0.25) is 11.8 Å². The molecule has 0 saturated heterocycles. The van der Waals surface area contributed by atoms with Crippen LogP contribution in [0.4, 0.5) is 0 Å². The second-order valence-electron chi connectivity index (χ2n) is 6.31. The number of thiophene rings is 1. The van der Waals surface area contributed by atoms with Crippen LogP contribution in [0.3, 0.4) is 0 Å². The Hall–Kier alpha value is -1.89. The topological polar surface area (TPSA) is 84.2 Å². The largest absolute Gasteiger partial charge is 0.347 e.